The third-order valence-electron chi connectivity index (χ3n) is 3.40. The van der Waals surface area contributed by atoms with Crippen molar-refractivity contribution in [2.24, 2.45) is 0 Å². The van der Waals surface area contributed by atoms with Crippen LogP contribution in [0.2, 0.25) is 0 Å². The average molecular weight is 323 g/mol. The lowest BCUT2D eigenvalue weighted by Crippen LogP contribution is -2.24. The first-order valence-electron chi connectivity index (χ1n) is 7.32. The number of rotatable bonds is 6. The number of aromatic nitrogens is 2. The van der Waals surface area contributed by atoms with Crippen LogP contribution in [0.25, 0.3) is 11.0 Å². The predicted octanol–water partition coefficient (Wildman–Crippen LogP) is 3.77. The van der Waals surface area contributed by atoms with Gasteiger partial charge >= 0.3 is 0 Å². The number of hydrogen-bond donors (Lipinski definition) is 2. The molecule has 0 spiro atoms. The van der Waals surface area contributed by atoms with Gasteiger partial charge in [0.1, 0.15) is 0 Å². The van der Waals surface area contributed by atoms with E-state index in [0.29, 0.717) is 17.9 Å². The fourth-order valence-electron chi connectivity index (χ4n) is 2.27. The Hall–Kier alpha value is -2.53. The summed E-state index contributed by atoms with van der Waals surface area (Å²) in [7, 11) is 0. The molecule has 0 aliphatic rings. The van der Waals surface area contributed by atoms with Crippen molar-refractivity contribution >= 4 is 28.7 Å². The van der Waals surface area contributed by atoms with Crippen LogP contribution in [-0.2, 0) is 5.75 Å². The Morgan fingerprint density at radius 1 is 1.22 bits per heavy atom. The quantitative estimate of drug-likeness (QED) is 0.536. The summed E-state index contributed by atoms with van der Waals surface area (Å²) in [4.78, 5) is 20.0. The van der Waals surface area contributed by atoms with Gasteiger partial charge in [0.15, 0.2) is 5.16 Å². The molecule has 1 heterocycles. The molecule has 2 aromatic carbocycles. The first-order chi connectivity index (χ1) is 11.3. The lowest BCUT2D eigenvalue weighted by atomic mass is 10.1. The summed E-state index contributed by atoms with van der Waals surface area (Å²) < 4.78 is 0. The maximum Gasteiger partial charge on any atom is 0.251 e. The number of para-hydroxylation sites is 2. The second-order valence-corrected chi connectivity index (χ2v) is 5.97. The molecule has 0 unspecified atom stereocenters. The van der Waals surface area contributed by atoms with Gasteiger partial charge in [0, 0.05) is 17.9 Å². The molecule has 0 fully saturated rings. The van der Waals surface area contributed by atoms with Crippen LogP contribution in [0, 0.1) is 0 Å². The van der Waals surface area contributed by atoms with E-state index in [9.17, 15) is 4.79 Å². The Balaban J connectivity index is 1.75. The van der Waals surface area contributed by atoms with Crippen molar-refractivity contribution < 1.29 is 4.79 Å². The molecule has 116 valence electrons. The normalized spacial score (nSPS) is 10.6. The summed E-state index contributed by atoms with van der Waals surface area (Å²) >= 11 is 1.59. The SMILES string of the molecule is C=CCNC(=O)c1ccccc1CSc1nc2ccccc2[nH]1. The average Bonchev–Trinajstić information content (AvgIpc) is 3.01. The number of nitrogens with one attached hydrogen (secondary N) is 2. The molecule has 3 rings (SSSR count). The van der Waals surface area contributed by atoms with Gasteiger partial charge in [-0.1, -0.05) is 48.2 Å². The number of nitrogens with zero attached hydrogens (tertiary/aromatic N) is 1. The van der Waals surface area contributed by atoms with Gasteiger partial charge in [0.25, 0.3) is 5.91 Å². The fraction of sp³-hybridized carbons (Fsp3) is 0.111. The van der Waals surface area contributed by atoms with E-state index in [4.69, 9.17) is 0 Å². The number of H-pyrrole nitrogens is 1. The number of benzene rings is 2. The van der Waals surface area contributed by atoms with Crippen molar-refractivity contribution in [1.29, 1.82) is 0 Å². The van der Waals surface area contributed by atoms with Crippen LogP contribution in [0.5, 0.6) is 0 Å². The zero-order chi connectivity index (χ0) is 16.1. The second-order valence-electron chi connectivity index (χ2n) is 5.00. The molecule has 4 nitrogen and oxygen atoms in total. The molecule has 0 bridgehead atoms. The van der Waals surface area contributed by atoms with Gasteiger partial charge in [-0.2, -0.15) is 0 Å². The number of imidazole rings is 1. The van der Waals surface area contributed by atoms with E-state index < -0.39 is 0 Å². The van der Waals surface area contributed by atoms with Gasteiger partial charge in [-0.15, -0.1) is 6.58 Å². The highest BCUT2D eigenvalue weighted by Crippen LogP contribution is 2.24. The number of aromatic amines is 1. The lowest BCUT2D eigenvalue weighted by Gasteiger charge is -2.08. The molecule has 1 aromatic heterocycles. The molecule has 0 saturated carbocycles. The Morgan fingerprint density at radius 3 is 2.83 bits per heavy atom. The van der Waals surface area contributed by atoms with Crippen molar-refractivity contribution in [2.75, 3.05) is 6.54 Å². The van der Waals surface area contributed by atoms with Crippen LogP contribution in [0.4, 0.5) is 0 Å². The summed E-state index contributed by atoms with van der Waals surface area (Å²) in [5.41, 5.74) is 3.65. The van der Waals surface area contributed by atoms with Gasteiger partial charge in [0.2, 0.25) is 0 Å². The Morgan fingerprint density at radius 2 is 2.00 bits per heavy atom. The topological polar surface area (TPSA) is 57.8 Å². The Bertz CT molecular complexity index is 808. The molecule has 0 radical (unpaired) electrons. The number of fused-ring (bicyclic) bond motifs is 1. The van der Waals surface area contributed by atoms with Gasteiger partial charge in [-0.25, -0.2) is 4.98 Å². The van der Waals surface area contributed by atoms with Crippen LogP contribution in [-0.4, -0.2) is 22.4 Å². The highest BCUT2D eigenvalue weighted by atomic mass is 32.2. The van der Waals surface area contributed by atoms with E-state index in [1.165, 1.54) is 0 Å². The number of carbonyl (C=O) groups is 1. The minimum atomic E-state index is -0.0780. The van der Waals surface area contributed by atoms with Crippen LogP contribution in [0.3, 0.4) is 0 Å². The molecule has 2 N–H and O–H groups in total. The first-order valence-corrected chi connectivity index (χ1v) is 8.31. The number of thioether (sulfide) groups is 1. The van der Waals surface area contributed by atoms with Gasteiger partial charge in [-0.05, 0) is 23.8 Å². The van der Waals surface area contributed by atoms with E-state index in [1.54, 1.807) is 17.8 Å². The third-order valence-corrected chi connectivity index (χ3v) is 4.32. The molecule has 0 atom stereocenters. The Kier molecular flexibility index (Phi) is 4.78. The van der Waals surface area contributed by atoms with Crippen molar-refractivity contribution in [3.63, 3.8) is 0 Å². The molecular formula is C18H17N3OS. The Labute approximate surface area is 139 Å². The largest absolute Gasteiger partial charge is 0.349 e. The van der Waals surface area contributed by atoms with Crippen LogP contribution >= 0.6 is 11.8 Å². The summed E-state index contributed by atoms with van der Waals surface area (Å²) in [6.45, 7) is 4.08. The molecule has 0 saturated heterocycles. The highest BCUT2D eigenvalue weighted by Gasteiger charge is 2.11. The van der Waals surface area contributed by atoms with Crippen LogP contribution in [0.15, 0.2) is 66.3 Å². The van der Waals surface area contributed by atoms with E-state index in [0.717, 1.165) is 21.8 Å². The molecule has 1 amide bonds. The third kappa shape index (κ3) is 3.63. The lowest BCUT2D eigenvalue weighted by molar-refractivity contribution is 0.0957. The molecule has 23 heavy (non-hydrogen) atoms. The van der Waals surface area contributed by atoms with Crippen molar-refractivity contribution in [3.8, 4) is 0 Å². The minimum absolute atomic E-state index is 0.0780. The summed E-state index contributed by atoms with van der Waals surface area (Å²) in [5.74, 6) is 0.600. The van der Waals surface area contributed by atoms with Crippen molar-refractivity contribution in [1.82, 2.24) is 15.3 Å². The molecule has 3 aromatic rings. The standard InChI is InChI=1S/C18H17N3OS/c1-2-11-19-17(22)14-8-4-3-7-13(14)12-23-18-20-15-9-5-6-10-16(15)21-18/h2-10H,1,11-12H2,(H,19,22)(H,20,21). The fourth-order valence-corrected chi connectivity index (χ4v) is 3.16. The van der Waals surface area contributed by atoms with Crippen LogP contribution in [0.1, 0.15) is 15.9 Å². The molecule has 0 aliphatic carbocycles. The minimum Gasteiger partial charge on any atom is -0.349 e. The molecule has 0 aliphatic heterocycles. The van der Waals surface area contributed by atoms with Crippen LogP contribution < -0.4 is 5.32 Å². The monoisotopic (exact) mass is 323 g/mol. The summed E-state index contributed by atoms with van der Waals surface area (Å²) in [6, 6.07) is 15.6. The van der Waals surface area contributed by atoms with Gasteiger partial charge < -0.3 is 10.3 Å². The van der Waals surface area contributed by atoms with E-state index in [1.807, 2.05) is 48.5 Å². The maximum absolute atomic E-state index is 12.2. The zero-order valence-electron chi connectivity index (χ0n) is 12.6. The second kappa shape index (κ2) is 7.15. The van der Waals surface area contributed by atoms with E-state index in [-0.39, 0.29) is 5.91 Å². The number of amides is 1. The first kappa shape index (κ1) is 15.4. The maximum atomic E-state index is 12.2. The predicted molar refractivity (Wildman–Crippen MR) is 94.6 cm³/mol. The molecular weight excluding hydrogens is 306 g/mol. The highest BCUT2D eigenvalue weighted by molar-refractivity contribution is 7.98. The number of carbonyl (C=O) groups excluding carboxylic acids is 1. The van der Waals surface area contributed by atoms with Gasteiger partial charge in [-0.3, -0.25) is 4.79 Å². The van der Waals surface area contributed by atoms with E-state index >= 15 is 0 Å². The smallest absolute Gasteiger partial charge is 0.251 e. The van der Waals surface area contributed by atoms with Crippen molar-refractivity contribution in [3.05, 3.63) is 72.3 Å². The molecule has 5 heteroatoms. The summed E-state index contributed by atoms with van der Waals surface area (Å²) in [6.07, 6.45) is 1.67. The summed E-state index contributed by atoms with van der Waals surface area (Å²) in [5, 5.41) is 3.67. The number of hydrogen-bond acceptors (Lipinski definition) is 3. The zero-order valence-corrected chi connectivity index (χ0v) is 13.4. The van der Waals surface area contributed by atoms with Crippen molar-refractivity contribution in [2.45, 2.75) is 10.9 Å². The van der Waals surface area contributed by atoms with Gasteiger partial charge in [0.05, 0.1) is 11.0 Å². The van der Waals surface area contributed by atoms with E-state index in [2.05, 4.69) is 21.9 Å².